The van der Waals surface area contributed by atoms with Gasteiger partial charge in [0.05, 0.1) is 16.3 Å². The molecule has 0 unspecified atom stereocenters. The molecule has 0 aliphatic carbocycles. The van der Waals surface area contributed by atoms with Crippen LogP contribution >= 0.6 is 11.8 Å². The van der Waals surface area contributed by atoms with Crippen LogP contribution in [0, 0.1) is 0 Å². The van der Waals surface area contributed by atoms with E-state index in [2.05, 4.69) is 15.3 Å². The highest BCUT2D eigenvalue weighted by atomic mass is 32.2. The van der Waals surface area contributed by atoms with Gasteiger partial charge in [-0.05, 0) is 18.6 Å². The second-order valence-corrected chi connectivity index (χ2v) is 7.00. The Kier molecular flexibility index (Phi) is 6.62. The minimum atomic E-state index is -0.567. The first-order valence-corrected chi connectivity index (χ1v) is 9.67. The summed E-state index contributed by atoms with van der Waals surface area (Å²) in [6.45, 7) is 0.779. The lowest BCUT2D eigenvalue weighted by atomic mass is 10.2. The van der Waals surface area contributed by atoms with E-state index in [9.17, 15) is 14.4 Å². The van der Waals surface area contributed by atoms with Crippen LogP contribution in [-0.4, -0.2) is 39.9 Å². The first-order chi connectivity index (χ1) is 13.6. The van der Waals surface area contributed by atoms with E-state index in [1.807, 2.05) is 36.4 Å². The zero-order valence-corrected chi connectivity index (χ0v) is 16.1. The lowest BCUT2D eigenvalue weighted by Crippen LogP contribution is -2.33. The number of carbonyl (C=O) groups excluding carboxylic acids is 1. The van der Waals surface area contributed by atoms with Gasteiger partial charge < -0.3 is 10.1 Å². The van der Waals surface area contributed by atoms with Gasteiger partial charge in [-0.1, -0.05) is 36.0 Å². The molecule has 0 atom stereocenters. The zero-order chi connectivity index (χ0) is 19.9. The minimum absolute atomic E-state index is 0.102. The molecule has 3 rings (SSSR count). The summed E-state index contributed by atoms with van der Waals surface area (Å²) in [5.74, 6) is -0.0583. The topological polar surface area (TPSA) is 106 Å². The summed E-state index contributed by atoms with van der Waals surface area (Å²) in [6, 6.07) is 12.7. The van der Waals surface area contributed by atoms with Crippen LogP contribution in [0.5, 0.6) is 0 Å². The predicted molar refractivity (Wildman–Crippen MR) is 109 cm³/mol. The molecule has 1 amide bonds. The maximum atomic E-state index is 12.3. The lowest BCUT2D eigenvalue weighted by molar-refractivity contribution is -0.113. The van der Waals surface area contributed by atoms with Gasteiger partial charge in [0.2, 0.25) is 5.91 Å². The van der Waals surface area contributed by atoms with Crippen LogP contribution in [0.4, 0.5) is 5.82 Å². The van der Waals surface area contributed by atoms with Gasteiger partial charge in [0.15, 0.2) is 0 Å². The van der Waals surface area contributed by atoms with Crippen molar-refractivity contribution in [1.29, 1.82) is 0 Å². The molecule has 8 nitrogen and oxygen atoms in total. The third kappa shape index (κ3) is 5.08. The highest BCUT2D eigenvalue weighted by Crippen LogP contribution is 2.20. The summed E-state index contributed by atoms with van der Waals surface area (Å²) < 4.78 is 6.30. The van der Waals surface area contributed by atoms with Gasteiger partial charge in [-0.3, -0.25) is 19.1 Å². The minimum Gasteiger partial charge on any atom is -0.385 e. The van der Waals surface area contributed by atoms with E-state index < -0.39 is 11.2 Å². The molecule has 0 aliphatic heterocycles. The molecule has 0 aliphatic rings. The van der Waals surface area contributed by atoms with Gasteiger partial charge in [0, 0.05) is 31.7 Å². The number of para-hydroxylation sites is 1. The molecule has 3 aromatic rings. The number of hydrogen-bond acceptors (Lipinski definition) is 6. The van der Waals surface area contributed by atoms with Crippen LogP contribution in [0.25, 0.3) is 10.9 Å². The molecule has 146 valence electrons. The van der Waals surface area contributed by atoms with Crippen molar-refractivity contribution in [2.24, 2.45) is 0 Å². The van der Waals surface area contributed by atoms with Crippen LogP contribution in [0.3, 0.4) is 0 Å². The molecule has 0 radical (unpaired) electrons. The first-order valence-electron chi connectivity index (χ1n) is 8.68. The van der Waals surface area contributed by atoms with Crippen LogP contribution in [0.15, 0.2) is 57.1 Å². The SMILES string of the molecule is COCCCn1c(NC(=O)CSc2ccc3ccccc3n2)cc(=O)[nH]c1=O. The second-order valence-electron chi connectivity index (χ2n) is 6.00. The molecule has 0 fully saturated rings. The number of anilines is 1. The number of amides is 1. The smallest absolute Gasteiger partial charge is 0.329 e. The average molecular weight is 400 g/mol. The van der Waals surface area contributed by atoms with Gasteiger partial charge >= 0.3 is 5.69 Å². The largest absolute Gasteiger partial charge is 0.385 e. The maximum Gasteiger partial charge on any atom is 0.329 e. The number of hydrogen-bond donors (Lipinski definition) is 2. The average Bonchev–Trinajstić information content (AvgIpc) is 2.68. The van der Waals surface area contributed by atoms with E-state index in [0.717, 1.165) is 15.9 Å². The van der Waals surface area contributed by atoms with Crippen molar-refractivity contribution in [3.8, 4) is 0 Å². The van der Waals surface area contributed by atoms with Crippen molar-refractivity contribution in [1.82, 2.24) is 14.5 Å². The van der Waals surface area contributed by atoms with Crippen molar-refractivity contribution in [3.63, 3.8) is 0 Å². The molecular formula is C19H20N4O4S. The van der Waals surface area contributed by atoms with E-state index in [-0.39, 0.29) is 17.5 Å². The van der Waals surface area contributed by atoms with Crippen LogP contribution in [0.2, 0.25) is 0 Å². The Morgan fingerprint density at radius 3 is 2.89 bits per heavy atom. The number of H-pyrrole nitrogens is 1. The molecule has 28 heavy (non-hydrogen) atoms. The zero-order valence-electron chi connectivity index (χ0n) is 15.3. The number of methoxy groups -OCH3 is 1. The lowest BCUT2D eigenvalue weighted by Gasteiger charge is -2.12. The fourth-order valence-corrected chi connectivity index (χ4v) is 3.34. The number of aromatic amines is 1. The fourth-order valence-electron chi connectivity index (χ4n) is 2.66. The number of nitrogens with one attached hydrogen (secondary N) is 2. The Bertz CT molecular complexity index is 1090. The van der Waals surface area contributed by atoms with E-state index >= 15 is 0 Å². The Labute approximate surface area is 164 Å². The quantitative estimate of drug-likeness (QED) is 0.442. The molecule has 2 N–H and O–H groups in total. The predicted octanol–water partition coefficient (Wildman–Crippen LogP) is 1.85. The number of fused-ring (bicyclic) bond motifs is 1. The number of rotatable bonds is 8. The second kappa shape index (κ2) is 9.34. The van der Waals surface area contributed by atoms with E-state index in [4.69, 9.17) is 4.74 Å². The molecule has 2 aromatic heterocycles. The summed E-state index contributed by atoms with van der Waals surface area (Å²) in [7, 11) is 1.57. The van der Waals surface area contributed by atoms with Gasteiger partial charge in [-0.15, -0.1) is 0 Å². The Morgan fingerprint density at radius 2 is 2.07 bits per heavy atom. The maximum absolute atomic E-state index is 12.3. The highest BCUT2D eigenvalue weighted by molar-refractivity contribution is 7.99. The van der Waals surface area contributed by atoms with Crippen LogP contribution in [-0.2, 0) is 16.1 Å². The van der Waals surface area contributed by atoms with Crippen molar-refractivity contribution in [2.75, 3.05) is 24.8 Å². The number of aromatic nitrogens is 3. The molecule has 0 spiro atoms. The standard InChI is InChI=1S/C19H20N4O4S/c1-27-10-4-9-23-15(11-16(24)22-19(23)26)21-17(25)12-28-18-8-7-13-5-2-3-6-14(13)20-18/h2-3,5-8,11H,4,9-10,12H2,1H3,(H,21,25)(H,22,24,26). The summed E-state index contributed by atoms with van der Waals surface area (Å²) in [5.41, 5.74) is -0.274. The fraction of sp³-hybridized carbons (Fsp3) is 0.263. The molecule has 0 saturated heterocycles. The van der Waals surface area contributed by atoms with Crippen LogP contribution in [0.1, 0.15) is 6.42 Å². The van der Waals surface area contributed by atoms with Crippen molar-refractivity contribution in [3.05, 3.63) is 63.3 Å². The van der Waals surface area contributed by atoms with Crippen molar-refractivity contribution in [2.45, 2.75) is 18.0 Å². The number of thioether (sulfide) groups is 1. The van der Waals surface area contributed by atoms with Gasteiger partial charge in [-0.2, -0.15) is 0 Å². The highest BCUT2D eigenvalue weighted by Gasteiger charge is 2.11. The van der Waals surface area contributed by atoms with Gasteiger partial charge in [-0.25, -0.2) is 9.78 Å². The van der Waals surface area contributed by atoms with Crippen LogP contribution < -0.4 is 16.6 Å². The normalized spacial score (nSPS) is 10.9. The van der Waals surface area contributed by atoms with E-state index in [1.165, 1.54) is 22.4 Å². The number of benzene rings is 1. The summed E-state index contributed by atoms with van der Waals surface area (Å²) >= 11 is 1.28. The molecule has 0 saturated carbocycles. The van der Waals surface area contributed by atoms with Crippen molar-refractivity contribution >= 4 is 34.4 Å². The Balaban J connectivity index is 1.68. The van der Waals surface area contributed by atoms with Gasteiger partial charge in [0.25, 0.3) is 5.56 Å². The molecule has 2 heterocycles. The number of nitrogens with zero attached hydrogens (tertiary/aromatic N) is 2. The summed E-state index contributed by atoms with van der Waals surface area (Å²) in [5, 5.41) is 4.39. The molecule has 1 aromatic carbocycles. The van der Waals surface area contributed by atoms with E-state index in [0.29, 0.717) is 19.6 Å². The third-order valence-corrected chi connectivity index (χ3v) is 4.89. The Morgan fingerprint density at radius 1 is 1.25 bits per heavy atom. The third-order valence-electron chi connectivity index (χ3n) is 3.96. The molecular weight excluding hydrogens is 380 g/mol. The summed E-state index contributed by atoms with van der Waals surface area (Å²) in [6.07, 6.45) is 0.571. The number of carbonyl (C=O) groups is 1. The first kappa shape index (κ1) is 19.8. The van der Waals surface area contributed by atoms with Crippen molar-refractivity contribution < 1.29 is 9.53 Å². The monoisotopic (exact) mass is 400 g/mol. The molecule has 9 heteroatoms. The molecule has 0 bridgehead atoms. The Hall–Kier alpha value is -2.91. The summed E-state index contributed by atoms with van der Waals surface area (Å²) in [4.78, 5) is 42.7. The number of ether oxygens (including phenoxy) is 1. The van der Waals surface area contributed by atoms with Gasteiger partial charge in [0.1, 0.15) is 5.82 Å². The van der Waals surface area contributed by atoms with E-state index in [1.54, 1.807) is 7.11 Å². The number of pyridine rings is 1.